The zero-order chi connectivity index (χ0) is 16.2. The molecule has 23 heavy (non-hydrogen) atoms. The van der Waals surface area contributed by atoms with Crippen LogP contribution in [0, 0.1) is 0 Å². The molecule has 0 bridgehead atoms. The number of carbonyl (C=O) groups excluding carboxylic acids is 1. The van der Waals surface area contributed by atoms with Crippen molar-refractivity contribution in [2.45, 2.75) is 6.42 Å². The summed E-state index contributed by atoms with van der Waals surface area (Å²) >= 11 is 5.89. The second kappa shape index (κ2) is 7.30. The smallest absolute Gasteiger partial charge is 0.199 e. The van der Waals surface area contributed by atoms with Gasteiger partial charge >= 0.3 is 0 Å². The molecule has 0 amide bonds. The van der Waals surface area contributed by atoms with Crippen LogP contribution in [0.15, 0.2) is 40.8 Å². The predicted octanol–water partition coefficient (Wildman–Crippen LogP) is 3.42. The Balaban J connectivity index is 1.57. The topological polar surface area (TPSA) is 36.7 Å². The summed E-state index contributed by atoms with van der Waals surface area (Å²) in [7, 11) is 2.13. The molecule has 0 spiro atoms. The van der Waals surface area contributed by atoms with Crippen LogP contribution in [0.3, 0.4) is 0 Å². The van der Waals surface area contributed by atoms with Crippen molar-refractivity contribution in [2.24, 2.45) is 0 Å². The van der Waals surface area contributed by atoms with E-state index in [1.54, 1.807) is 6.07 Å². The number of Topliss-reactive ketones (excluding diaryl/α,β-unsaturated/α-hetero) is 1. The molecule has 1 aromatic carbocycles. The lowest BCUT2D eigenvalue weighted by Gasteiger charge is -2.32. The van der Waals surface area contributed by atoms with Crippen LogP contribution < -0.4 is 0 Å². The van der Waals surface area contributed by atoms with Gasteiger partial charge in [-0.25, -0.2) is 0 Å². The van der Waals surface area contributed by atoms with Gasteiger partial charge in [-0.3, -0.25) is 4.79 Å². The molecule has 2 aromatic rings. The number of hydrogen-bond acceptors (Lipinski definition) is 4. The quantitative estimate of drug-likeness (QED) is 0.786. The lowest BCUT2D eigenvalue weighted by atomic mass is 10.2. The number of carbonyl (C=O) groups is 1. The molecule has 1 aromatic heterocycles. The Morgan fingerprint density at radius 1 is 1.09 bits per heavy atom. The monoisotopic (exact) mass is 332 g/mol. The Labute approximate surface area is 141 Å². The van der Waals surface area contributed by atoms with Crippen LogP contribution in [-0.2, 0) is 0 Å². The average Bonchev–Trinajstić information content (AvgIpc) is 3.05. The molecule has 0 unspecified atom stereocenters. The van der Waals surface area contributed by atoms with Crippen molar-refractivity contribution >= 4 is 17.4 Å². The van der Waals surface area contributed by atoms with E-state index in [4.69, 9.17) is 16.0 Å². The van der Waals surface area contributed by atoms with Crippen molar-refractivity contribution in [1.29, 1.82) is 0 Å². The summed E-state index contributed by atoms with van der Waals surface area (Å²) in [6.45, 7) is 4.98. The molecule has 0 saturated carbocycles. The number of benzene rings is 1. The maximum atomic E-state index is 12.3. The van der Waals surface area contributed by atoms with E-state index in [1.807, 2.05) is 30.3 Å². The molecule has 0 atom stereocenters. The zero-order valence-corrected chi connectivity index (χ0v) is 14.1. The number of furan rings is 1. The van der Waals surface area contributed by atoms with Crippen molar-refractivity contribution < 1.29 is 9.21 Å². The summed E-state index contributed by atoms with van der Waals surface area (Å²) in [5, 5.41) is 0.684. The number of hydrogen-bond donors (Lipinski definition) is 0. The third-order valence-corrected chi connectivity index (χ3v) is 4.51. The first-order valence-electron chi connectivity index (χ1n) is 7.92. The minimum Gasteiger partial charge on any atom is -0.453 e. The van der Waals surface area contributed by atoms with Gasteiger partial charge in [0.25, 0.3) is 0 Å². The highest BCUT2D eigenvalue weighted by Crippen LogP contribution is 2.24. The maximum Gasteiger partial charge on any atom is 0.199 e. The Hall–Kier alpha value is -1.62. The molecule has 0 N–H and O–H groups in total. The molecule has 122 valence electrons. The average molecular weight is 333 g/mol. The van der Waals surface area contributed by atoms with E-state index in [0.717, 1.165) is 38.3 Å². The molecule has 1 saturated heterocycles. The van der Waals surface area contributed by atoms with Gasteiger partial charge in [-0.2, -0.15) is 0 Å². The molecule has 0 aliphatic carbocycles. The van der Waals surface area contributed by atoms with Crippen LogP contribution in [0.5, 0.6) is 0 Å². The molecule has 5 heteroatoms. The number of ketones is 1. The van der Waals surface area contributed by atoms with Crippen LogP contribution in [0.25, 0.3) is 11.3 Å². The summed E-state index contributed by atoms with van der Waals surface area (Å²) in [5.74, 6) is 1.19. The fourth-order valence-corrected chi connectivity index (χ4v) is 2.84. The van der Waals surface area contributed by atoms with E-state index in [2.05, 4.69) is 16.8 Å². The highest BCUT2D eigenvalue weighted by atomic mass is 35.5. The summed E-state index contributed by atoms with van der Waals surface area (Å²) in [5.41, 5.74) is 0.924. The Morgan fingerprint density at radius 2 is 1.78 bits per heavy atom. The second-order valence-electron chi connectivity index (χ2n) is 5.99. The summed E-state index contributed by atoms with van der Waals surface area (Å²) in [4.78, 5) is 16.9. The zero-order valence-electron chi connectivity index (χ0n) is 13.3. The molecule has 1 aliphatic rings. The number of likely N-dealkylation sites (N-methyl/N-ethyl adjacent to an activating group) is 1. The van der Waals surface area contributed by atoms with Crippen molar-refractivity contribution in [3.63, 3.8) is 0 Å². The summed E-state index contributed by atoms with van der Waals surface area (Å²) in [6.07, 6.45) is 0.497. The van der Waals surface area contributed by atoms with Crippen molar-refractivity contribution in [2.75, 3.05) is 39.8 Å². The standard InChI is InChI=1S/C18H21ClN2O2/c1-20-10-12-21(13-11-20)9-8-16(22)18-7-6-17(23-18)14-2-4-15(19)5-3-14/h2-7H,8-13H2,1H3. The minimum atomic E-state index is 0.0594. The van der Waals surface area contributed by atoms with Crippen LogP contribution in [0.1, 0.15) is 17.0 Å². The molecule has 2 heterocycles. The van der Waals surface area contributed by atoms with E-state index in [0.29, 0.717) is 23.0 Å². The number of piperazine rings is 1. The van der Waals surface area contributed by atoms with Crippen LogP contribution in [-0.4, -0.2) is 55.4 Å². The summed E-state index contributed by atoms with van der Waals surface area (Å²) in [6, 6.07) is 11.0. The minimum absolute atomic E-state index is 0.0594. The van der Waals surface area contributed by atoms with Gasteiger partial charge in [0.1, 0.15) is 5.76 Å². The van der Waals surface area contributed by atoms with Crippen LogP contribution in [0.4, 0.5) is 0 Å². The third-order valence-electron chi connectivity index (χ3n) is 4.26. The van der Waals surface area contributed by atoms with Gasteiger partial charge in [0, 0.05) is 49.7 Å². The largest absolute Gasteiger partial charge is 0.453 e. The first-order valence-corrected chi connectivity index (χ1v) is 8.29. The molecule has 4 nitrogen and oxygen atoms in total. The van der Waals surface area contributed by atoms with Gasteiger partial charge in [-0.15, -0.1) is 0 Å². The van der Waals surface area contributed by atoms with Gasteiger partial charge in [-0.1, -0.05) is 11.6 Å². The van der Waals surface area contributed by atoms with Crippen molar-refractivity contribution in [3.8, 4) is 11.3 Å². The Morgan fingerprint density at radius 3 is 2.48 bits per heavy atom. The van der Waals surface area contributed by atoms with Gasteiger partial charge in [-0.05, 0) is 43.4 Å². The predicted molar refractivity (Wildman–Crippen MR) is 92.0 cm³/mol. The lowest BCUT2D eigenvalue weighted by molar-refractivity contribution is 0.0916. The van der Waals surface area contributed by atoms with E-state index in [1.165, 1.54) is 0 Å². The van der Waals surface area contributed by atoms with Gasteiger partial charge in [0.2, 0.25) is 0 Å². The van der Waals surface area contributed by atoms with E-state index < -0.39 is 0 Å². The molecule has 3 rings (SSSR count). The molecular weight excluding hydrogens is 312 g/mol. The SMILES string of the molecule is CN1CCN(CCC(=O)c2ccc(-c3ccc(Cl)cc3)o2)CC1. The molecule has 1 fully saturated rings. The Bertz CT molecular complexity index is 658. The fourth-order valence-electron chi connectivity index (χ4n) is 2.71. The first kappa shape index (κ1) is 16.2. The van der Waals surface area contributed by atoms with Gasteiger partial charge in [0.05, 0.1) is 0 Å². The molecular formula is C18H21ClN2O2. The lowest BCUT2D eigenvalue weighted by Crippen LogP contribution is -2.45. The molecule has 0 radical (unpaired) electrons. The van der Waals surface area contributed by atoms with E-state index in [9.17, 15) is 4.79 Å². The van der Waals surface area contributed by atoms with Crippen LogP contribution in [0.2, 0.25) is 5.02 Å². The first-order chi connectivity index (χ1) is 11.1. The molecule has 1 aliphatic heterocycles. The van der Waals surface area contributed by atoms with Crippen LogP contribution >= 0.6 is 11.6 Å². The van der Waals surface area contributed by atoms with Gasteiger partial charge < -0.3 is 14.2 Å². The van der Waals surface area contributed by atoms with Gasteiger partial charge in [0.15, 0.2) is 11.5 Å². The number of halogens is 1. The van der Waals surface area contributed by atoms with Crippen molar-refractivity contribution in [1.82, 2.24) is 9.80 Å². The maximum absolute atomic E-state index is 12.3. The Kier molecular flexibility index (Phi) is 5.16. The second-order valence-corrected chi connectivity index (χ2v) is 6.43. The van der Waals surface area contributed by atoms with E-state index in [-0.39, 0.29) is 5.78 Å². The normalized spacial score (nSPS) is 16.6. The fraction of sp³-hybridized carbons (Fsp3) is 0.389. The third kappa shape index (κ3) is 4.22. The van der Waals surface area contributed by atoms with Crippen molar-refractivity contribution in [3.05, 3.63) is 47.2 Å². The highest BCUT2D eigenvalue weighted by Gasteiger charge is 2.17. The van der Waals surface area contributed by atoms with E-state index >= 15 is 0 Å². The highest BCUT2D eigenvalue weighted by molar-refractivity contribution is 6.30. The number of nitrogens with zero attached hydrogens (tertiary/aromatic N) is 2. The summed E-state index contributed by atoms with van der Waals surface area (Å²) < 4.78 is 5.71. The number of rotatable bonds is 5.